The van der Waals surface area contributed by atoms with E-state index in [1.165, 1.54) is 57.9 Å². The number of nitrogens with zero attached hydrogens (tertiary/aromatic N) is 2. The Morgan fingerprint density at radius 3 is 1.86 bits per heavy atom. The molecule has 1 heterocycles. The van der Waals surface area contributed by atoms with Crippen LogP contribution in [0.1, 0.15) is 58.3 Å². The zero-order valence-electron chi connectivity index (χ0n) is 13.3. The van der Waals surface area contributed by atoms with Gasteiger partial charge in [-0.25, -0.2) is 4.57 Å². The summed E-state index contributed by atoms with van der Waals surface area (Å²) in [6.07, 6.45) is 15.7. The Morgan fingerprint density at radius 1 is 0.952 bits per heavy atom. The van der Waals surface area contributed by atoms with Crippen LogP contribution in [0.25, 0.3) is 0 Å². The van der Waals surface area contributed by atoms with Crippen molar-refractivity contribution < 1.29 is 19.2 Å². The van der Waals surface area contributed by atoms with Crippen molar-refractivity contribution in [3.63, 3.8) is 0 Å². The zero-order chi connectivity index (χ0) is 16.1. The van der Waals surface area contributed by atoms with E-state index in [4.69, 9.17) is 19.2 Å². The van der Waals surface area contributed by atoms with Crippen LogP contribution < -0.4 is 0 Å². The number of unbranched alkanes of at least 4 members (excludes halogenated alkanes) is 7. The third-order valence-corrected chi connectivity index (χ3v) is 3.24. The third kappa shape index (κ3) is 17.4. The van der Waals surface area contributed by atoms with E-state index in [0.717, 1.165) is 6.67 Å². The van der Waals surface area contributed by atoms with Gasteiger partial charge in [-0.05, 0) is 6.42 Å². The summed E-state index contributed by atoms with van der Waals surface area (Å²) in [6.45, 7) is 4.59. The Bertz CT molecular complexity index is 312. The molecular formula is C14H31N2O4P. The number of hydrogen-bond acceptors (Lipinski definition) is 3. The summed E-state index contributed by atoms with van der Waals surface area (Å²) in [6, 6.07) is 0. The molecule has 0 aromatic rings. The second-order valence-corrected chi connectivity index (χ2v) is 6.52. The average Bonchev–Trinajstić information content (AvgIpc) is 2.76. The van der Waals surface area contributed by atoms with Gasteiger partial charge in [0.05, 0.1) is 6.67 Å². The van der Waals surface area contributed by atoms with Gasteiger partial charge in [-0.1, -0.05) is 51.9 Å². The first-order chi connectivity index (χ1) is 9.83. The lowest BCUT2D eigenvalue weighted by atomic mass is 10.1. The molecule has 0 saturated heterocycles. The Kier molecular flexibility index (Phi) is 11.7. The molecule has 0 spiro atoms. The SMILES string of the molecule is CCCCCCCCCCN1C=CN(C)C1.O=P(O)(O)O. The summed E-state index contributed by atoms with van der Waals surface area (Å²) >= 11 is 0. The first-order valence-corrected chi connectivity index (χ1v) is 9.30. The van der Waals surface area contributed by atoms with Gasteiger partial charge in [-0.3, -0.25) is 0 Å². The Morgan fingerprint density at radius 2 is 1.43 bits per heavy atom. The number of rotatable bonds is 9. The van der Waals surface area contributed by atoms with Crippen molar-refractivity contribution in [1.29, 1.82) is 0 Å². The van der Waals surface area contributed by atoms with Crippen LogP contribution in [0.15, 0.2) is 12.4 Å². The molecule has 1 rings (SSSR count). The molecule has 1 aliphatic heterocycles. The minimum absolute atomic E-state index is 1.08. The monoisotopic (exact) mass is 322 g/mol. The highest BCUT2D eigenvalue weighted by Gasteiger charge is 2.06. The van der Waals surface area contributed by atoms with Crippen LogP contribution in [0.4, 0.5) is 0 Å². The van der Waals surface area contributed by atoms with Crippen LogP contribution in [0.2, 0.25) is 0 Å². The quantitative estimate of drug-likeness (QED) is 0.447. The van der Waals surface area contributed by atoms with Crippen molar-refractivity contribution in [3.05, 3.63) is 12.4 Å². The molecule has 3 N–H and O–H groups in total. The summed E-state index contributed by atoms with van der Waals surface area (Å²) in [5.74, 6) is 0. The maximum atomic E-state index is 8.88. The van der Waals surface area contributed by atoms with Gasteiger partial charge in [0.15, 0.2) is 0 Å². The zero-order valence-corrected chi connectivity index (χ0v) is 14.2. The summed E-state index contributed by atoms with van der Waals surface area (Å²) in [4.78, 5) is 26.2. The van der Waals surface area contributed by atoms with Crippen LogP contribution in [0.3, 0.4) is 0 Å². The summed E-state index contributed by atoms with van der Waals surface area (Å²) < 4.78 is 8.88. The molecule has 21 heavy (non-hydrogen) atoms. The van der Waals surface area contributed by atoms with E-state index in [9.17, 15) is 0 Å². The molecule has 0 unspecified atom stereocenters. The molecule has 0 fully saturated rings. The van der Waals surface area contributed by atoms with Crippen molar-refractivity contribution in [2.75, 3.05) is 20.3 Å². The van der Waals surface area contributed by atoms with Gasteiger partial charge in [0.2, 0.25) is 0 Å². The molecule has 0 bridgehead atoms. The lowest BCUT2D eigenvalue weighted by Gasteiger charge is -2.17. The van der Waals surface area contributed by atoms with E-state index >= 15 is 0 Å². The second-order valence-electron chi connectivity index (χ2n) is 5.50. The minimum Gasteiger partial charge on any atom is -0.362 e. The topological polar surface area (TPSA) is 84.2 Å². The van der Waals surface area contributed by atoms with Crippen molar-refractivity contribution in [1.82, 2.24) is 9.80 Å². The molecular weight excluding hydrogens is 291 g/mol. The average molecular weight is 322 g/mol. The van der Waals surface area contributed by atoms with E-state index in [1.54, 1.807) is 0 Å². The standard InChI is InChI=1S/C14H28N2.H3O4P/c1-3-4-5-6-7-8-9-10-11-16-13-12-15(2)14-16;1-5(2,3)4/h12-13H,3-11,14H2,1-2H3;(H3,1,2,3,4). The fraction of sp³-hybridized carbons (Fsp3) is 0.857. The third-order valence-electron chi connectivity index (χ3n) is 3.24. The maximum absolute atomic E-state index is 8.88. The Hall–Kier alpha value is -0.550. The summed E-state index contributed by atoms with van der Waals surface area (Å²) in [5, 5.41) is 0. The van der Waals surface area contributed by atoms with Gasteiger partial charge in [-0.15, -0.1) is 0 Å². The largest absolute Gasteiger partial charge is 0.466 e. The molecule has 6 nitrogen and oxygen atoms in total. The van der Waals surface area contributed by atoms with Crippen molar-refractivity contribution in [3.8, 4) is 0 Å². The van der Waals surface area contributed by atoms with Crippen LogP contribution in [-0.2, 0) is 4.57 Å². The Labute approximate surface area is 128 Å². The predicted molar refractivity (Wildman–Crippen MR) is 85.3 cm³/mol. The maximum Gasteiger partial charge on any atom is 0.466 e. The lowest BCUT2D eigenvalue weighted by molar-refractivity contribution is 0.275. The number of phosphoric acid groups is 1. The van der Waals surface area contributed by atoms with E-state index < -0.39 is 7.82 Å². The highest BCUT2D eigenvalue weighted by atomic mass is 31.2. The van der Waals surface area contributed by atoms with E-state index in [2.05, 4.69) is 36.2 Å². The summed E-state index contributed by atoms with van der Waals surface area (Å²) in [7, 11) is -2.51. The minimum atomic E-state index is -4.64. The smallest absolute Gasteiger partial charge is 0.362 e. The van der Waals surface area contributed by atoms with E-state index in [0.29, 0.717) is 0 Å². The van der Waals surface area contributed by atoms with Gasteiger partial charge in [0.25, 0.3) is 0 Å². The van der Waals surface area contributed by atoms with Crippen molar-refractivity contribution >= 4 is 7.82 Å². The van der Waals surface area contributed by atoms with E-state index in [1.807, 2.05) is 0 Å². The fourth-order valence-electron chi connectivity index (χ4n) is 2.18. The highest BCUT2D eigenvalue weighted by molar-refractivity contribution is 7.45. The van der Waals surface area contributed by atoms with Crippen molar-refractivity contribution in [2.24, 2.45) is 0 Å². The molecule has 0 aromatic heterocycles. The number of hydrogen-bond donors (Lipinski definition) is 3. The van der Waals surface area contributed by atoms with Gasteiger partial charge in [0, 0.05) is 26.0 Å². The highest BCUT2D eigenvalue weighted by Crippen LogP contribution is 2.25. The van der Waals surface area contributed by atoms with Gasteiger partial charge >= 0.3 is 7.82 Å². The molecule has 0 radical (unpaired) electrons. The van der Waals surface area contributed by atoms with Crippen LogP contribution in [0, 0.1) is 0 Å². The van der Waals surface area contributed by atoms with Gasteiger partial charge in [0.1, 0.15) is 0 Å². The van der Waals surface area contributed by atoms with Crippen LogP contribution in [0.5, 0.6) is 0 Å². The van der Waals surface area contributed by atoms with Gasteiger partial charge in [-0.2, -0.15) is 0 Å². The lowest BCUT2D eigenvalue weighted by Crippen LogP contribution is -2.23. The molecule has 0 aliphatic carbocycles. The Balaban J connectivity index is 0.000000690. The normalized spacial score (nSPS) is 14.3. The molecule has 0 atom stereocenters. The van der Waals surface area contributed by atoms with Crippen molar-refractivity contribution in [2.45, 2.75) is 58.3 Å². The van der Waals surface area contributed by atoms with E-state index in [-0.39, 0.29) is 0 Å². The fourth-order valence-corrected chi connectivity index (χ4v) is 2.18. The first-order valence-electron chi connectivity index (χ1n) is 7.74. The van der Waals surface area contributed by atoms with Crippen LogP contribution >= 0.6 is 7.82 Å². The molecule has 7 heteroatoms. The first kappa shape index (κ1) is 20.5. The van der Waals surface area contributed by atoms with Gasteiger partial charge < -0.3 is 24.5 Å². The molecule has 126 valence electrons. The molecule has 0 aromatic carbocycles. The second kappa shape index (κ2) is 12.0. The molecule has 1 aliphatic rings. The predicted octanol–water partition coefficient (Wildman–Crippen LogP) is 2.87. The van der Waals surface area contributed by atoms with Crippen LogP contribution in [-0.4, -0.2) is 44.7 Å². The molecule has 0 saturated carbocycles. The molecule has 0 amide bonds. The summed E-state index contributed by atoms with van der Waals surface area (Å²) in [5.41, 5.74) is 0.